The highest BCUT2D eigenvalue weighted by molar-refractivity contribution is 5.98. The molecule has 5 N–H and O–H groups in total. The molecular weight excluding hydrogens is 302 g/mol. The van der Waals surface area contributed by atoms with Gasteiger partial charge in [-0.25, -0.2) is 4.98 Å². The Morgan fingerprint density at radius 1 is 1.21 bits per heavy atom. The molecule has 3 rings (SSSR count). The van der Waals surface area contributed by atoms with Crippen LogP contribution >= 0.6 is 0 Å². The van der Waals surface area contributed by atoms with Gasteiger partial charge in [0.15, 0.2) is 0 Å². The van der Waals surface area contributed by atoms with Crippen LogP contribution in [0.5, 0.6) is 5.75 Å². The lowest BCUT2D eigenvalue weighted by molar-refractivity contribution is 0.477. The van der Waals surface area contributed by atoms with Gasteiger partial charge < -0.3 is 20.7 Å². The van der Waals surface area contributed by atoms with Crippen molar-refractivity contribution in [3.05, 3.63) is 42.0 Å². The largest absolute Gasteiger partial charge is 0.507 e. The van der Waals surface area contributed by atoms with Gasteiger partial charge in [-0.1, -0.05) is 0 Å². The Hall–Kier alpha value is -3.02. The second-order valence-electron chi connectivity index (χ2n) is 5.60. The zero-order valence-corrected chi connectivity index (χ0v) is 13.8. The van der Waals surface area contributed by atoms with Crippen LogP contribution in [0.2, 0.25) is 0 Å². The molecule has 0 radical (unpaired) electrons. The van der Waals surface area contributed by atoms with E-state index in [2.05, 4.69) is 28.7 Å². The van der Waals surface area contributed by atoms with Gasteiger partial charge in [0, 0.05) is 30.4 Å². The van der Waals surface area contributed by atoms with E-state index in [1.54, 1.807) is 18.2 Å². The lowest BCUT2D eigenvalue weighted by Gasteiger charge is -2.21. The van der Waals surface area contributed by atoms with Gasteiger partial charge in [0.25, 0.3) is 0 Å². The molecule has 2 aromatic carbocycles. The summed E-state index contributed by atoms with van der Waals surface area (Å²) in [5, 5.41) is 17.9. The zero-order chi connectivity index (χ0) is 17.3. The topological polar surface area (TPSA) is 102 Å². The third-order valence-corrected chi connectivity index (χ3v) is 4.16. The maximum Gasteiger partial charge on any atom is 0.142 e. The third kappa shape index (κ3) is 2.78. The third-order valence-electron chi connectivity index (χ3n) is 4.16. The first-order valence-electron chi connectivity index (χ1n) is 7.96. The second-order valence-corrected chi connectivity index (χ2v) is 5.60. The van der Waals surface area contributed by atoms with Gasteiger partial charge in [0.1, 0.15) is 17.4 Å². The average molecular weight is 323 g/mol. The molecule has 1 heterocycles. The summed E-state index contributed by atoms with van der Waals surface area (Å²) in [4.78, 5) is 9.87. The molecule has 6 heteroatoms. The standard InChI is InChI=1S/C18H21N5O/c1-3-23(4-2)12-6-7-13(16(24)10-12)18-21-14-8-5-11(17(19)20)9-15(14)22-18/h5-10,24H,3-4H2,1-2H3,(H3,19,20)(H,21,22). The minimum absolute atomic E-state index is 0.0134. The van der Waals surface area contributed by atoms with Crippen LogP contribution in [-0.4, -0.2) is 34.0 Å². The Kier molecular flexibility index (Phi) is 4.12. The van der Waals surface area contributed by atoms with Crippen LogP contribution in [-0.2, 0) is 0 Å². The highest BCUT2D eigenvalue weighted by atomic mass is 16.3. The average Bonchev–Trinajstić information content (AvgIpc) is 2.98. The number of hydrogen-bond donors (Lipinski definition) is 4. The number of aromatic amines is 1. The lowest BCUT2D eigenvalue weighted by atomic mass is 10.1. The van der Waals surface area contributed by atoms with Gasteiger partial charge in [-0.3, -0.25) is 5.41 Å². The Morgan fingerprint density at radius 2 is 1.96 bits per heavy atom. The Labute approximate surface area is 140 Å². The number of anilines is 1. The molecule has 0 saturated heterocycles. The second kappa shape index (κ2) is 6.23. The minimum Gasteiger partial charge on any atom is -0.507 e. The van der Waals surface area contributed by atoms with Crippen molar-refractivity contribution >= 4 is 22.6 Å². The van der Waals surface area contributed by atoms with Crippen molar-refractivity contribution in [2.75, 3.05) is 18.0 Å². The molecule has 0 saturated carbocycles. The van der Waals surface area contributed by atoms with E-state index >= 15 is 0 Å². The summed E-state index contributed by atoms with van der Waals surface area (Å²) in [6.07, 6.45) is 0. The van der Waals surface area contributed by atoms with E-state index in [4.69, 9.17) is 11.1 Å². The quantitative estimate of drug-likeness (QED) is 0.428. The molecule has 0 bridgehead atoms. The van der Waals surface area contributed by atoms with Crippen LogP contribution in [0.1, 0.15) is 19.4 Å². The zero-order valence-electron chi connectivity index (χ0n) is 13.8. The van der Waals surface area contributed by atoms with E-state index in [-0.39, 0.29) is 11.6 Å². The van der Waals surface area contributed by atoms with Crippen molar-refractivity contribution in [2.24, 2.45) is 5.73 Å². The SMILES string of the molecule is CCN(CC)c1ccc(-c2nc3ccc(C(=N)N)cc3[nH]2)c(O)c1. The summed E-state index contributed by atoms with van der Waals surface area (Å²) in [5.74, 6) is 0.791. The molecule has 0 atom stereocenters. The minimum atomic E-state index is 0.0134. The lowest BCUT2D eigenvalue weighted by Crippen LogP contribution is -2.21. The highest BCUT2D eigenvalue weighted by Crippen LogP contribution is 2.32. The van der Waals surface area contributed by atoms with Crippen molar-refractivity contribution in [2.45, 2.75) is 13.8 Å². The first-order chi connectivity index (χ1) is 11.5. The molecule has 0 aliphatic heterocycles. The fourth-order valence-corrected chi connectivity index (χ4v) is 2.81. The highest BCUT2D eigenvalue weighted by Gasteiger charge is 2.12. The smallest absolute Gasteiger partial charge is 0.142 e. The fraction of sp³-hybridized carbons (Fsp3) is 0.222. The van der Waals surface area contributed by atoms with E-state index < -0.39 is 0 Å². The number of rotatable bonds is 5. The molecule has 0 amide bonds. The number of aromatic hydroxyl groups is 1. The monoisotopic (exact) mass is 323 g/mol. The number of nitrogens with one attached hydrogen (secondary N) is 2. The molecule has 6 nitrogen and oxygen atoms in total. The molecule has 3 aromatic rings. The van der Waals surface area contributed by atoms with Crippen LogP contribution in [0, 0.1) is 5.41 Å². The van der Waals surface area contributed by atoms with E-state index in [0.717, 1.165) is 29.8 Å². The van der Waals surface area contributed by atoms with Crippen LogP contribution < -0.4 is 10.6 Å². The molecule has 24 heavy (non-hydrogen) atoms. The molecular formula is C18H21N5O. The Balaban J connectivity index is 2.02. The van der Waals surface area contributed by atoms with E-state index in [1.807, 2.05) is 18.2 Å². The van der Waals surface area contributed by atoms with Crippen molar-refractivity contribution in [1.29, 1.82) is 5.41 Å². The number of phenolic OH excluding ortho intramolecular Hbond substituents is 1. The Bertz CT molecular complexity index is 896. The first kappa shape index (κ1) is 15.9. The molecule has 0 aliphatic rings. The number of nitrogen functional groups attached to an aromatic ring is 1. The van der Waals surface area contributed by atoms with Crippen LogP contribution in [0.3, 0.4) is 0 Å². The summed E-state index contributed by atoms with van der Waals surface area (Å²) in [5.41, 5.74) is 9.34. The van der Waals surface area contributed by atoms with Crippen molar-refractivity contribution in [1.82, 2.24) is 9.97 Å². The van der Waals surface area contributed by atoms with E-state index in [1.165, 1.54) is 0 Å². The van der Waals surface area contributed by atoms with Crippen molar-refractivity contribution in [3.63, 3.8) is 0 Å². The summed E-state index contributed by atoms with van der Waals surface area (Å²) >= 11 is 0. The summed E-state index contributed by atoms with van der Waals surface area (Å²) in [7, 11) is 0. The van der Waals surface area contributed by atoms with Gasteiger partial charge in [0.05, 0.1) is 16.6 Å². The van der Waals surface area contributed by atoms with E-state index in [9.17, 15) is 5.11 Å². The number of imidazole rings is 1. The summed E-state index contributed by atoms with van der Waals surface area (Å²) in [6.45, 7) is 5.93. The van der Waals surface area contributed by atoms with Gasteiger partial charge >= 0.3 is 0 Å². The molecule has 0 fully saturated rings. The predicted octanol–water partition coefficient (Wildman–Crippen LogP) is 3.07. The van der Waals surface area contributed by atoms with Crippen LogP contribution in [0.15, 0.2) is 36.4 Å². The number of nitrogens with zero attached hydrogens (tertiary/aromatic N) is 2. The maximum absolute atomic E-state index is 10.4. The number of nitrogens with two attached hydrogens (primary N) is 1. The molecule has 0 unspecified atom stereocenters. The number of hydrogen-bond acceptors (Lipinski definition) is 4. The van der Waals surface area contributed by atoms with Gasteiger partial charge in [-0.2, -0.15) is 0 Å². The number of H-pyrrole nitrogens is 1. The number of aromatic nitrogens is 2. The summed E-state index contributed by atoms with van der Waals surface area (Å²) < 4.78 is 0. The fourth-order valence-electron chi connectivity index (χ4n) is 2.81. The first-order valence-corrected chi connectivity index (χ1v) is 7.96. The summed E-state index contributed by atoms with van der Waals surface area (Å²) in [6, 6.07) is 11.0. The number of benzene rings is 2. The molecule has 124 valence electrons. The van der Waals surface area contributed by atoms with Crippen LogP contribution in [0.25, 0.3) is 22.4 Å². The maximum atomic E-state index is 10.4. The van der Waals surface area contributed by atoms with Gasteiger partial charge in [-0.05, 0) is 44.2 Å². The molecule has 1 aromatic heterocycles. The molecule has 0 spiro atoms. The number of amidine groups is 1. The number of phenols is 1. The Morgan fingerprint density at radius 3 is 2.58 bits per heavy atom. The van der Waals surface area contributed by atoms with E-state index in [0.29, 0.717) is 17.0 Å². The van der Waals surface area contributed by atoms with Crippen LogP contribution in [0.4, 0.5) is 5.69 Å². The molecule has 0 aliphatic carbocycles. The van der Waals surface area contributed by atoms with Crippen molar-refractivity contribution in [3.8, 4) is 17.1 Å². The predicted molar refractivity (Wildman–Crippen MR) is 97.8 cm³/mol. The number of fused-ring (bicyclic) bond motifs is 1. The van der Waals surface area contributed by atoms with Gasteiger partial charge in [0.2, 0.25) is 0 Å². The van der Waals surface area contributed by atoms with Crippen molar-refractivity contribution < 1.29 is 5.11 Å². The normalized spacial score (nSPS) is 10.9. The van der Waals surface area contributed by atoms with Gasteiger partial charge in [-0.15, -0.1) is 0 Å².